The zero-order valence-corrected chi connectivity index (χ0v) is 16.4. The molecule has 5 nitrogen and oxygen atoms in total. The molecule has 0 unspecified atom stereocenters. The average molecular weight is 413 g/mol. The number of aryl methyl sites for hydroxylation is 1. The first-order valence-electron chi connectivity index (χ1n) is 8.13. The van der Waals surface area contributed by atoms with Gasteiger partial charge in [0, 0.05) is 22.3 Å². The minimum atomic E-state index is -3.74. The highest BCUT2D eigenvalue weighted by atomic mass is 35.5. The van der Waals surface area contributed by atoms with E-state index < -0.39 is 22.0 Å². The third-order valence-corrected chi connectivity index (χ3v) is 6.62. The van der Waals surface area contributed by atoms with Crippen molar-refractivity contribution < 1.29 is 13.2 Å². The molecule has 0 aromatic heterocycles. The van der Waals surface area contributed by atoms with Gasteiger partial charge in [-0.1, -0.05) is 40.9 Å². The van der Waals surface area contributed by atoms with E-state index in [0.717, 1.165) is 5.56 Å². The predicted molar refractivity (Wildman–Crippen MR) is 103 cm³/mol. The van der Waals surface area contributed by atoms with Gasteiger partial charge in [-0.25, -0.2) is 8.42 Å². The summed E-state index contributed by atoms with van der Waals surface area (Å²) in [6.07, 6.45) is 1.09. The zero-order valence-electron chi connectivity index (χ0n) is 14.1. The summed E-state index contributed by atoms with van der Waals surface area (Å²) in [5, 5.41) is 3.50. The van der Waals surface area contributed by atoms with Gasteiger partial charge >= 0.3 is 0 Å². The minimum Gasteiger partial charge on any atom is -0.325 e. The summed E-state index contributed by atoms with van der Waals surface area (Å²) in [6, 6.07) is 10.5. The fourth-order valence-corrected chi connectivity index (χ4v) is 5.17. The number of nitrogens with zero attached hydrogens (tertiary/aromatic N) is 1. The molecule has 26 heavy (non-hydrogen) atoms. The summed E-state index contributed by atoms with van der Waals surface area (Å²) < 4.78 is 27.1. The molecule has 8 heteroatoms. The van der Waals surface area contributed by atoms with Crippen LogP contribution in [0.1, 0.15) is 18.4 Å². The second-order valence-electron chi connectivity index (χ2n) is 6.23. The number of anilines is 1. The molecule has 1 heterocycles. The summed E-state index contributed by atoms with van der Waals surface area (Å²) >= 11 is 11.9. The summed E-state index contributed by atoms with van der Waals surface area (Å²) in [5.74, 6) is -0.392. The Hall–Kier alpha value is -1.60. The second-order valence-corrected chi connectivity index (χ2v) is 9.00. The summed E-state index contributed by atoms with van der Waals surface area (Å²) in [5.41, 5.74) is 1.41. The molecule has 1 atom stereocenters. The molecule has 1 aliphatic rings. The number of benzene rings is 2. The Morgan fingerprint density at radius 2 is 1.73 bits per heavy atom. The highest BCUT2D eigenvalue weighted by Crippen LogP contribution is 2.28. The molecule has 1 N–H and O–H groups in total. The lowest BCUT2D eigenvalue weighted by Gasteiger charge is -2.23. The SMILES string of the molecule is Cc1ccc(S(=O)(=O)N2CCC[C@@H]2C(=O)Nc2cc(Cl)cc(Cl)c2)cc1. The third kappa shape index (κ3) is 4.04. The zero-order chi connectivity index (χ0) is 18.9. The van der Waals surface area contributed by atoms with Crippen molar-refractivity contribution in [3.05, 3.63) is 58.1 Å². The molecule has 138 valence electrons. The van der Waals surface area contributed by atoms with Gasteiger partial charge in [-0.15, -0.1) is 0 Å². The fraction of sp³-hybridized carbons (Fsp3) is 0.278. The summed E-state index contributed by atoms with van der Waals surface area (Å²) in [6.45, 7) is 2.20. The van der Waals surface area contributed by atoms with Gasteiger partial charge in [0.15, 0.2) is 0 Å². The molecule has 2 aromatic carbocycles. The van der Waals surface area contributed by atoms with Crippen molar-refractivity contribution >= 4 is 44.8 Å². The largest absolute Gasteiger partial charge is 0.325 e. The molecule has 1 saturated heterocycles. The summed E-state index contributed by atoms with van der Waals surface area (Å²) in [7, 11) is -3.74. The first-order valence-corrected chi connectivity index (χ1v) is 10.3. The van der Waals surface area contributed by atoms with E-state index in [1.165, 1.54) is 4.31 Å². The maximum atomic E-state index is 12.9. The second kappa shape index (κ2) is 7.56. The van der Waals surface area contributed by atoms with Crippen LogP contribution in [-0.4, -0.2) is 31.2 Å². The van der Waals surface area contributed by atoms with Crippen LogP contribution >= 0.6 is 23.2 Å². The lowest BCUT2D eigenvalue weighted by Crippen LogP contribution is -2.43. The summed E-state index contributed by atoms with van der Waals surface area (Å²) in [4.78, 5) is 12.9. The van der Waals surface area contributed by atoms with E-state index in [4.69, 9.17) is 23.2 Å². The molecule has 0 saturated carbocycles. The van der Waals surface area contributed by atoms with Crippen molar-refractivity contribution in [2.75, 3.05) is 11.9 Å². The minimum absolute atomic E-state index is 0.189. The molecule has 3 rings (SSSR count). The molecular formula is C18H18Cl2N2O3S. The van der Waals surface area contributed by atoms with Crippen LogP contribution in [0.4, 0.5) is 5.69 Å². The van der Waals surface area contributed by atoms with Gasteiger partial charge in [-0.3, -0.25) is 4.79 Å². The number of amides is 1. The first kappa shape index (κ1) is 19.2. The molecule has 0 bridgehead atoms. The number of nitrogens with one attached hydrogen (secondary N) is 1. The van der Waals surface area contributed by atoms with Gasteiger partial charge in [0.2, 0.25) is 15.9 Å². The van der Waals surface area contributed by atoms with Gasteiger partial charge < -0.3 is 5.32 Å². The van der Waals surface area contributed by atoms with Crippen molar-refractivity contribution in [3.8, 4) is 0 Å². The molecule has 0 aliphatic carbocycles. The van der Waals surface area contributed by atoms with Gasteiger partial charge in [0.25, 0.3) is 0 Å². The molecule has 0 radical (unpaired) electrons. The Kier molecular flexibility index (Phi) is 5.58. The Balaban J connectivity index is 1.83. The van der Waals surface area contributed by atoms with E-state index in [1.54, 1.807) is 42.5 Å². The monoisotopic (exact) mass is 412 g/mol. The van der Waals surface area contributed by atoms with Crippen LogP contribution in [0.3, 0.4) is 0 Å². The maximum Gasteiger partial charge on any atom is 0.243 e. The number of halogens is 2. The molecule has 0 spiro atoms. The van der Waals surface area contributed by atoms with E-state index in [1.807, 2.05) is 6.92 Å². The van der Waals surface area contributed by atoms with Crippen molar-refractivity contribution in [1.29, 1.82) is 0 Å². The number of carbonyl (C=O) groups excluding carboxylic acids is 1. The van der Waals surface area contributed by atoms with Crippen LogP contribution in [0.5, 0.6) is 0 Å². The van der Waals surface area contributed by atoms with Crippen LogP contribution in [-0.2, 0) is 14.8 Å². The Bertz CT molecular complexity index is 910. The Morgan fingerprint density at radius 3 is 2.35 bits per heavy atom. The van der Waals surface area contributed by atoms with Gasteiger partial charge in [0.05, 0.1) is 4.90 Å². The number of sulfonamides is 1. The predicted octanol–water partition coefficient (Wildman–Crippen LogP) is 4.09. The normalized spacial score (nSPS) is 18.0. The van der Waals surface area contributed by atoms with Crippen molar-refractivity contribution in [1.82, 2.24) is 4.31 Å². The molecule has 1 fully saturated rings. The van der Waals surface area contributed by atoms with Gasteiger partial charge in [-0.05, 0) is 50.1 Å². The Morgan fingerprint density at radius 1 is 1.12 bits per heavy atom. The lowest BCUT2D eigenvalue weighted by molar-refractivity contribution is -0.119. The van der Waals surface area contributed by atoms with E-state index in [2.05, 4.69) is 5.32 Å². The van der Waals surface area contributed by atoms with Crippen LogP contribution in [0.25, 0.3) is 0 Å². The van der Waals surface area contributed by atoms with E-state index >= 15 is 0 Å². The van der Waals surface area contributed by atoms with Gasteiger partial charge in [0.1, 0.15) is 6.04 Å². The van der Waals surface area contributed by atoms with Crippen LogP contribution in [0.15, 0.2) is 47.4 Å². The van der Waals surface area contributed by atoms with E-state index in [-0.39, 0.29) is 4.90 Å². The maximum absolute atomic E-state index is 12.9. The number of hydrogen-bond donors (Lipinski definition) is 1. The molecular weight excluding hydrogens is 395 g/mol. The average Bonchev–Trinajstić information content (AvgIpc) is 3.05. The van der Waals surface area contributed by atoms with Crippen molar-refractivity contribution in [2.45, 2.75) is 30.7 Å². The van der Waals surface area contributed by atoms with Crippen molar-refractivity contribution in [3.63, 3.8) is 0 Å². The highest BCUT2D eigenvalue weighted by Gasteiger charge is 2.39. The van der Waals surface area contributed by atoms with Crippen molar-refractivity contribution in [2.24, 2.45) is 0 Å². The number of hydrogen-bond acceptors (Lipinski definition) is 3. The number of rotatable bonds is 4. The molecule has 1 aliphatic heterocycles. The van der Waals surface area contributed by atoms with E-state index in [0.29, 0.717) is 35.1 Å². The molecule has 1 amide bonds. The van der Waals surface area contributed by atoms with Crippen LogP contribution in [0, 0.1) is 6.92 Å². The van der Waals surface area contributed by atoms with E-state index in [9.17, 15) is 13.2 Å². The standard InChI is InChI=1S/C18H18Cl2N2O3S/c1-12-4-6-16(7-5-12)26(24,25)22-8-2-3-17(22)18(23)21-15-10-13(19)9-14(20)11-15/h4-7,9-11,17H,2-3,8H2,1H3,(H,21,23)/t17-/m1/s1. The lowest BCUT2D eigenvalue weighted by atomic mass is 10.2. The smallest absolute Gasteiger partial charge is 0.243 e. The number of carbonyl (C=O) groups is 1. The topological polar surface area (TPSA) is 66.5 Å². The molecule has 2 aromatic rings. The van der Waals surface area contributed by atoms with Gasteiger partial charge in [-0.2, -0.15) is 4.31 Å². The quantitative estimate of drug-likeness (QED) is 0.821. The first-order chi connectivity index (χ1) is 12.3. The Labute approximate surface area is 163 Å². The highest BCUT2D eigenvalue weighted by molar-refractivity contribution is 7.89. The van der Waals surface area contributed by atoms with Crippen LogP contribution < -0.4 is 5.32 Å². The fourth-order valence-electron chi connectivity index (χ4n) is 2.99. The van der Waals surface area contributed by atoms with Crippen LogP contribution in [0.2, 0.25) is 10.0 Å². The third-order valence-electron chi connectivity index (χ3n) is 4.26.